The molecule has 4 aromatic rings. The average Bonchev–Trinajstić information content (AvgIpc) is 3.45. The van der Waals surface area contributed by atoms with Gasteiger partial charge in [0.1, 0.15) is 10.5 Å². The summed E-state index contributed by atoms with van der Waals surface area (Å²) in [7, 11) is 0. The van der Waals surface area contributed by atoms with Crippen LogP contribution in [0, 0.1) is 0 Å². The molecule has 0 radical (unpaired) electrons. The van der Waals surface area contributed by atoms with E-state index >= 15 is 0 Å². The van der Waals surface area contributed by atoms with Gasteiger partial charge < -0.3 is 9.73 Å². The first kappa shape index (κ1) is 22.5. The summed E-state index contributed by atoms with van der Waals surface area (Å²) in [4.78, 5) is 32.3. The third-order valence-electron chi connectivity index (χ3n) is 5.80. The molecule has 0 aliphatic carbocycles. The lowest BCUT2D eigenvalue weighted by Gasteiger charge is -2.24. The van der Waals surface area contributed by atoms with Crippen molar-refractivity contribution in [3.05, 3.63) is 75.1 Å². The van der Waals surface area contributed by atoms with Gasteiger partial charge in [0.25, 0.3) is 5.56 Å². The molecular formula is C23H25ClN4O3S. The maximum atomic E-state index is 13.6. The van der Waals surface area contributed by atoms with Crippen LogP contribution in [0.15, 0.2) is 56.6 Å². The molecule has 4 heterocycles. The molecule has 1 N–H and O–H groups in total. The number of aromatic nitrogens is 3. The van der Waals surface area contributed by atoms with E-state index in [-0.39, 0.29) is 36.2 Å². The zero-order chi connectivity index (χ0) is 21.4. The van der Waals surface area contributed by atoms with Crippen LogP contribution < -0.4 is 16.6 Å². The highest BCUT2D eigenvalue weighted by atomic mass is 35.5. The molecule has 7 nitrogen and oxygen atoms in total. The van der Waals surface area contributed by atoms with Gasteiger partial charge in [0, 0.05) is 17.3 Å². The first-order chi connectivity index (χ1) is 15.2. The summed E-state index contributed by atoms with van der Waals surface area (Å²) in [5.41, 5.74) is 1.21. The average molecular weight is 473 g/mol. The summed E-state index contributed by atoms with van der Waals surface area (Å²) >= 11 is 1.44. The molecule has 168 valence electrons. The van der Waals surface area contributed by atoms with E-state index in [1.807, 2.05) is 43.3 Å². The van der Waals surface area contributed by atoms with Crippen LogP contribution in [-0.4, -0.2) is 27.2 Å². The van der Waals surface area contributed by atoms with Gasteiger partial charge in [0.2, 0.25) is 0 Å². The Bertz CT molecular complexity index is 1330. The lowest BCUT2D eigenvalue weighted by atomic mass is 10.1. The van der Waals surface area contributed by atoms with Crippen molar-refractivity contribution in [3.8, 4) is 10.4 Å². The van der Waals surface area contributed by atoms with Crippen molar-refractivity contribution in [2.75, 3.05) is 13.1 Å². The van der Waals surface area contributed by atoms with Crippen molar-refractivity contribution >= 4 is 34.0 Å². The highest BCUT2D eigenvalue weighted by Crippen LogP contribution is 2.32. The monoisotopic (exact) mass is 472 g/mol. The second-order valence-electron chi connectivity index (χ2n) is 7.79. The highest BCUT2D eigenvalue weighted by Gasteiger charge is 2.24. The first-order valence-corrected chi connectivity index (χ1v) is 11.5. The highest BCUT2D eigenvalue weighted by molar-refractivity contribution is 7.22. The van der Waals surface area contributed by atoms with E-state index in [2.05, 4.69) is 10.3 Å². The van der Waals surface area contributed by atoms with Gasteiger partial charge in [-0.1, -0.05) is 37.3 Å². The van der Waals surface area contributed by atoms with Crippen molar-refractivity contribution in [3.63, 3.8) is 0 Å². The quantitative estimate of drug-likeness (QED) is 0.477. The summed E-state index contributed by atoms with van der Waals surface area (Å²) in [6, 6.07) is 11.8. The van der Waals surface area contributed by atoms with Crippen LogP contribution in [0.5, 0.6) is 0 Å². The molecule has 32 heavy (non-hydrogen) atoms. The Labute approximate surface area is 195 Å². The number of oxazole rings is 1. The van der Waals surface area contributed by atoms with E-state index in [9.17, 15) is 9.59 Å². The summed E-state index contributed by atoms with van der Waals surface area (Å²) in [5, 5.41) is 3.30. The van der Waals surface area contributed by atoms with E-state index < -0.39 is 0 Å². The largest absolute Gasteiger partial charge is 0.444 e. The van der Waals surface area contributed by atoms with Crippen molar-refractivity contribution in [2.24, 2.45) is 0 Å². The molecule has 0 bridgehead atoms. The van der Waals surface area contributed by atoms with Gasteiger partial charge in [-0.15, -0.1) is 23.7 Å². The van der Waals surface area contributed by atoms with Gasteiger partial charge in [0.15, 0.2) is 5.89 Å². The summed E-state index contributed by atoms with van der Waals surface area (Å²) in [6.45, 7) is 3.83. The van der Waals surface area contributed by atoms with Gasteiger partial charge >= 0.3 is 5.69 Å². The van der Waals surface area contributed by atoms with Crippen molar-refractivity contribution in [1.29, 1.82) is 0 Å². The van der Waals surface area contributed by atoms with Crippen molar-refractivity contribution in [1.82, 2.24) is 19.4 Å². The Balaban J connectivity index is 0.00000245. The summed E-state index contributed by atoms with van der Waals surface area (Å²) in [6.07, 6.45) is 3.89. The van der Waals surface area contributed by atoms with Crippen LogP contribution in [0.2, 0.25) is 0 Å². The fourth-order valence-corrected chi connectivity index (χ4v) is 5.29. The Hall–Kier alpha value is -2.68. The fourth-order valence-electron chi connectivity index (χ4n) is 4.19. The smallest absolute Gasteiger partial charge is 0.332 e. The molecule has 9 heteroatoms. The Morgan fingerprint density at radius 3 is 2.62 bits per heavy atom. The maximum absolute atomic E-state index is 13.6. The van der Waals surface area contributed by atoms with Crippen LogP contribution in [-0.2, 0) is 13.0 Å². The Kier molecular flexibility index (Phi) is 6.64. The number of piperidine rings is 1. The van der Waals surface area contributed by atoms with E-state index in [1.165, 1.54) is 15.9 Å². The number of nitrogens with zero attached hydrogens (tertiary/aromatic N) is 3. The minimum absolute atomic E-state index is 0. The molecule has 1 aliphatic heterocycles. The zero-order valence-corrected chi connectivity index (χ0v) is 19.4. The molecule has 0 spiro atoms. The number of thiophene rings is 1. The number of fused-ring (bicyclic) bond motifs is 1. The van der Waals surface area contributed by atoms with E-state index in [4.69, 9.17) is 4.42 Å². The van der Waals surface area contributed by atoms with Crippen LogP contribution in [0.1, 0.15) is 37.5 Å². The van der Waals surface area contributed by atoms with Gasteiger partial charge in [-0.05, 0) is 37.6 Å². The topological polar surface area (TPSA) is 82.1 Å². The minimum atomic E-state index is -0.281. The van der Waals surface area contributed by atoms with Crippen LogP contribution >= 0.6 is 23.7 Å². The predicted octanol–water partition coefficient (Wildman–Crippen LogP) is 3.84. The Morgan fingerprint density at radius 2 is 1.94 bits per heavy atom. The standard InChI is InChI=1S/C23H24N4O3S.ClH/c1-2-20-25-13-17(30-20)14-26-18-12-19(15-6-4-3-5-7-15)31-21(18)22(28)27(23(26)29)16-8-10-24-11-9-16;/h3-7,12-13,16,24H,2,8-11,14H2,1H3;1H. The van der Waals surface area contributed by atoms with E-state index in [1.54, 1.807) is 10.8 Å². The number of aryl methyl sites for hydroxylation is 1. The molecule has 0 atom stereocenters. The maximum Gasteiger partial charge on any atom is 0.332 e. The fraction of sp³-hybridized carbons (Fsp3) is 0.348. The number of rotatable bonds is 5. The van der Waals surface area contributed by atoms with Crippen LogP contribution in [0.4, 0.5) is 0 Å². The Morgan fingerprint density at radius 1 is 1.19 bits per heavy atom. The molecule has 5 rings (SSSR count). The molecular weight excluding hydrogens is 448 g/mol. The number of hydrogen-bond donors (Lipinski definition) is 1. The molecule has 1 aliphatic rings. The normalized spacial score (nSPS) is 14.5. The van der Waals surface area contributed by atoms with E-state index in [0.717, 1.165) is 36.4 Å². The number of hydrogen-bond acceptors (Lipinski definition) is 6. The SMILES string of the molecule is CCc1ncc(Cn2c(=O)n(C3CCNCC3)c(=O)c3sc(-c4ccccc4)cc32)o1.Cl. The van der Waals surface area contributed by atoms with E-state index in [0.29, 0.717) is 28.3 Å². The third kappa shape index (κ3) is 4.05. The zero-order valence-electron chi connectivity index (χ0n) is 17.7. The lowest BCUT2D eigenvalue weighted by molar-refractivity contribution is 0.344. The number of nitrogens with one attached hydrogen (secondary N) is 1. The van der Waals surface area contributed by atoms with Crippen LogP contribution in [0.25, 0.3) is 20.7 Å². The van der Waals surface area contributed by atoms with Crippen LogP contribution in [0.3, 0.4) is 0 Å². The second-order valence-corrected chi connectivity index (χ2v) is 8.84. The minimum Gasteiger partial charge on any atom is -0.444 e. The van der Waals surface area contributed by atoms with Gasteiger partial charge in [-0.25, -0.2) is 9.78 Å². The molecule has 3 aromatic heterocycles. The second kappa shape index (κ2) is 9.44. The molecule has 1 aromatic carbocycles. The van der Waals surface area contributed by atoms with Gasteiger partial charge in [0.05, 0.1) is 18.3 Å². The molecule has 0 unspecified atom stereocenters. The third-order valence-corrected chi connectivity index (χ3v) is 6.96. The lowest BCUT2D eigenvalue weighted by Crippen LogP contribution is -2.44. The number of halogens is 1. The van der Waals surface area contributed by atoms with Gasteiger partial charge in [-0.2, -0.15) is 0 Å². The first-order valence-electron chi connectivity index (χ1n) is 10.6. The van der Waals surface area contributed by atoms with Gasteiger partial charge in [-0.3, -0.25) is 13.9 Å². The molecule has 1 saturated heterocycles. The molecule has 0 saturated carbocycles. The molecule has 1 fully saturated rings. The summed E-state index contributed by atoms with van der Waals surface area (Å²) < 4.78 is 9.52. The van der Waals surface area contributed by atoms with Crippen molar-refractivity contribution < 1.29 is 4.42 Å². The molecule has 0 amide bonds. The number of benzene rings is 1. The van der Waals surface area contributed by atoms with Crippen molar-refractivity contribution in [2.45, 2.75) is 38.8 Å². The predicted molar refractivity (Wildman–Crippen MR) is 129 cm³/mol. The summed E-state index contributed by atoms with van der Waals surface area (Å²) in [5.74, 6) is 1.25.